The quantitative estimate of drug-likeness (QED) is 0.778. The molecule has 1 amide bonds. The van der Waals surface area contributed by atoms with Gasteiger partial charge in [-0.1, -0.05) is 0 Å². The number of rotatable bonds is 4. The van der Waals surface area contributed by atoms with Crippen LogP contribution < -0.4 is 5.32 Å². The van der Waals surface area contributed by atoms with Crippen molar-refractivity contribution in [2.75, 3.05) is 5.75 Å². The number of nitrogens with one attached hydrogen (secondary N) is 1. The summed E-state index contributed by atoms with van der Waals surface area (Å²) in [6.07, 6.45) is 0.555. The second kappa shape index (κ2) is 11.2. The maximum atomic E-state index is 11.6. The zero-order chi connectivity index (χ0) is 15.0. The monoisotopic (exact) mass is 366 g/mol. The Morgan fingerprint density at radius 1 is 1.21 bits per heavy atom. The molecule has 113 valence electrons. The molecular formula is C13H27NO3SY-2. The molecule has 0 heterocycles. The van der Waals surface area contributed by atoms with Gasteiger partial charge in [0, 0.05) is 39.1 Å². The third kappa shape index (κ3) is 14.7. The Hall–Kier alpha value is 0.524. The van der Waals surface area contributed by atoms with E-state index in [1.165, 1.54) is 5.92 Å². The number of hydrogen-bond acceptors (Lipinski definition) is 3. The van der Waals surface area contributed by atoms with E-state index in [2.05, 4.69) is 33.1 Å². The number of amides is 1. The molecule has 1 N–H and O–H groups in total. The van der Waals surface area contributed by atoms with Crippen LogP contribution in [0.1, 0.15) is 54.4 Å². The van der Waals surface area contributed by atoms with Gasteiger partial charge >= 0.3 is 0 Å². The fourth-order valence-electron chi connectivity index (χ4n) is 0.817. The summed E-state index contributed by atoms with van der Waals surface area (Å²) in [6.45, 7) is 11.2. The number of carbonyl (C=O) groups excluding carboxylic acids is 1. The van der Waals surface area contributed by atoms with Crippen molar-refractivity contribution < 1.29 is 45.9 Å². The van der Waals surface area contributed by atoms with Crippen molar-refractivity contribution in [2.24, 2.45) is 0 Å². The third-order valence-corrected chi connectivity index (χ3v) is 4.64. The van der Waals surface area contributed by atoms with Crippen LogP contribution in [0.25, 0.3) is 0 Å². The van der Waals surface area contributed by atoms with Crippen molar-refractivity contribution in [1.29, 1.82) is 0 Å². The molecule has 0 aliphatic rings. The first kappa shape index (κ1) is 24.5. The molecule has 0 rings (SSSR count). The van der Waals surface area contributed by atoms with Gasteiger partial charge in [-0.3, -0.25) is 11.8 Å². The van der Waals surface area contributed by atoms with Gasteiger partial charge in [0.25, 0.3) is 0 Å². The summed E-state index contributed by atoms with van der Waals surface area (Å²) in [5, 5.41) is 2.21. The van der Waals surface area contributed by atoms with Gasteiger partial charge in [-0.05, 0) is 27.2 Å². The van der Waals surface area contributed by atoms with Crippen molar-refractivity contribution in [3.63, 3.8) is 0 Å². The Morgan fingerprint density at radius 2 is 1.58 bits per heavy atom. The summed E-state index contributed by atoms with van der Waals surface area (Å²) in [7, 11) is 0.0984. The van der Waals surface area contributed by atoms with Crippen molar-refractivity contribution in [3.8, 4) is 0 Å². The van der Waals surface area contributed by atoms with Crippen molar-refractivity contribution in [3.05, 3.63) is 13.0 Å². The van der Waals surface area contributed by atoms with Crippen LogP contribution in [-0.4, -0.2) is 24.8 Å². The largest absolute Gasteiger partial charge is 0.508 e. The van der Waals surface area contributed by atoms with E-state index in [1.807, 2.05) is 0 Å². The maximum Gasteiger partial charge on any atom is 0.190 e. The van der Waals surface area contributed by atoms with Crippen LogP contribution in [0.5, 0.6) is 0 Å². The molecule has 0 saturated heterocycles. The van der Waals surface area contributed by atoms with Gasteiger partial charge in [-0.25, -0.2) is 8.42 Å². The van der Waals surface area contributed by atoms with E-state index in [-0.39, 0.29) is 50.8 Å². The molecule has 0 saturated carbocycles. The van der Waals surface area contributed by atoms with E-state index in [1.54, 1.807) is 20.8 Å². The van der Waals surface area contributed by atoms with Gasteiger partial charge < -0.3 is 11.2 Å². The first-order chi connectivity index (χ1) is 7.94. The molecule has 0 aliphatic carbocycles. The SMILES string of the molecule is C[C-](C)C.[CH2-]NC(=O)CCCS(=O)(=O)C(C)(C)C.[Y]. The van der Waals surface area contributed by atoms with E-state index < -0.39 is 14.6 Å². The maximum absolute atomic E-state index is 11.6. The first-order valence-electron chi connectivity index (χ1n) is 5.99. The molecule has 0 fully saturated rings. The van der Waals surface area contributed by atoms with E-state index in [4.69, 9.17) is 0 Å². The number of hydrogen-bond donors (Lipinski definition) is 1. The number of carbonyl (C=O) groups is 1. The van der Waals surface area contributed by atoms with Gasteiger partial charge in [0.05, 0.1) is 10.5 Å². The Morgan fingerprint density at radius 3 is 1.84 bits per heavy atom. The minimum atomic E-state index is -3.10. The average molecular weight is 366 g/mol. The van der Waals surface area contributed by atoms with Crippen LogP contribution in [0.15, 0.2) is 0 Å². The van der Waals surface area contributed by atoms with Gasteiger partial charge in [-0.2, -0.15) is 20.8 Å². The van der Waals surface area contributed by atoms with E-state index >= 15 is 0 Å². The average Bonchev–Trinajstić information content (AvgIpc) is 2.14. The third-order valence-electron chi connectivity index (χ3n) is 1.95. The zero-order valence-electron chi connectivity index (χ0n) is 13.0. The molecule has 0 aromatic rings. The summed E-state index contributed by atoms with van der Waals surface area (Å²) in [5.41, 5.74) is 0. The fraction of sp³-hybridized carbons (Fsp3) is 0.769. The molecular weight excluding hydrogens is 339 g/mol. The number of sulfone groups is 1. The summed E-state index contributed by atoms with van der Waals surface area (Å²) >= 11 is 0. The molecule has 19 heavy (non-hydrogen) atoms. The topological polar surface area (TPSA) is 63.2 Å². The van der Waals surface area contributed by atoms with Crippen LogP contribution in [0.4, 0.5) is 0 Å². The van der Waals surface area contributed by atoms with Crippen LogP contribution in [-0.2, 0) is 47.3 Å². The summed E-state index contributed by atoms with van der Waals surface area (Å²) in [6, 6.07) is 0. The normalized spacial score (nSPS) is 11.2. The minimum absolute atomic E-state index is 0. The second-order valence-corrected chi connectivity index (χ2v) is 8.50. The van der Waals surface area contributed by atoms with Crippen LogP contribution in [0.2, 0.25) is 0 Å². The summed E-state index contributed by atoms with van der Waals surface area (Å²) in [4.78, 5) is 10.8. The van der Waals surface area contributed by atoms with Gasteiger partial charge in [0.15, 0.2) is 15.7 Å². The van der Waals surface area contributed by atoms with E-state index in [0.29, 0.717) is 6.42 Å². The minimum Gasteiger partial charge on any atom is -0.508 e. The molecule has 0 bridgehead atoms. The molecule has 0 aromatic carbocycles. The first-order valence-corrected chi connectivity index (χ1v) is 7.64. The Balaban J connectivity index is -0.000000448. The molecule has 6 heteroatoms. The van der Waals surface area contributed by atoms with Crippen LogP contribution in [0.3, 0.4) is 0 Å². The molecule has 4 nitrogen and oxygen atoms in total. The van der Waals surface area contributed by atoms with Crippen LogP contribution in [0, 0.1) is 13.0 Å². The zero-order valence-corrected chi connectivity index (χ0v) is 16.7. The predicted octanol–water partition coefficient (Wildman–Crippen LogP) is 2.51. The Kier molecular flexibility index (Phi) is 14.5. The Labute approximate surface area is 144 Å². The molecule has 0 unspecified atom stereocenters. The molecule has 0 atom stereocenters. The summed E-state index contributed by atoms with van der Waals surface area (Å²) < 4.78 is 22.4. The smallest absolute Gasteiger partial charge is 0.190 e. The molecule has 1 radical (unpaired) electrons. The van der Waals surface area contributed by atoms with Crippen molar-refractivity contribution in [1.82, 2.24) is 5.32 Å². The standard InChI is InChI=1S/C9H18NO3S.C4H9.Y/c1-9(2,3)14(12,13)7-5-6-8(11)10-4;1-4(2)3;/h4-7H2,1-3H3,(H,10,11);1-3H3;/q2*-1;. The van der Waals surface area contributed by atoms with Gasteiger partial charge in [0.2, 0.25) is 0 Å². The molecule has 0 aliphatic heterocycles. The predicted molar refractivity (Wildman–Crippen MR) is 76.5 cm³/mol. The second-order valence-electron chi connectivity index (χ2n) is 5.63. The fourth-order valence-corrected chi connectivity index (χ4v) is 1.95. The van der Waals surface area contributed by atoms with Crippen molar-refractivity contribution in [2.45, 2.75) is 59.1 Å². The molecule has 0 spiro atoms. The van der Waals surface area contributed by atoms with Crippen LogP contribution >= 0.6 is 0 Å². The summed E-state index contributed by atoms with van der Waals surface area (Å²) in [5.74, 6) is 1.23. The van der Waals surface area contributed by atoms with E-state index in [0.717, 1.165) is 0 Å². The molecule has 0 aromatic heterocycles. The Bertz CT molecular complexity index is 330. The van der Waals surface area contributed by atoms with Gasteiger partial charge in [0.1, 0.15) is 0 Å². The van der Waals surface area contributed by atoms with E-state index in [9.17, 15) is 13.2 Å². The van der Waals surface area contributed by atoms with Crippen molar-refractivity contribution >= 4 is 15.7 Å². The van der Waals surface area contributed by atoms with Gasteiger partial charge in [-0.15, -0.1) is 0 Å².